The summed E-state index contributed by atoms with van der Waals surface area (Å²) in [6.45, 7) is 0.172. The molecule has 1 heterocycles. The van der Waals surface area contributed by atoms with Gasteiger partial charge < -0.3 is 24.3 Å². The minimum absolute atomic E-state index is 0.0411. The summed E-state index contributed by atoms with van der Waals surface area (Å²) in [5.41, 5.74) is 1.57. The first-order valence-corrected chi connectivity index (χ1v) is 8.08. The van der Waals surface area contributed by atoms with Crippen LogP contribution in [0.2, 0.25) is 0 Å². The second-order valence-electron chi connectivity index (χ2n) is 5.61. The van der Waals surface area contributed by atoms with Crippen LogP contribution in [0.15, 0.2) is 42.5 Å². The molecule has 0 unspecified atom stereocenters. The zero-order chi connectivity index (χ0) is 18.4. The molecule has 7 heteroatoms. The second-order valence-corrected chi connectivity index (χ2v) is 5.61. The quantitative estimate of drug-likeness (QED) is 0.761. The van der Waals surface area contributed by atoms with Gasteiger partial charge in [0.2, 0.25) is 6.79 Å². The summed E-state index contributed by atoms with van der Waals surface area (Å²) in [5.74, 6) is 1.07. The Labute approximate surface area is 150 Å². The van der Waals surface area contributed by atoms with Crippen LogP contribution < -0.4 is 19.5 Å². The summed E-state index contributed by atoms with van der Waals surface area (Å²) in [6.07, 6.45) is 0.0411. The van der Waals surface area contributed by atoms with Crippen molar-refractivity contribution in [3.63, 3.8) is 0 Å². The monoisotopic (exact) mass is 357 g/mol. The van der Waals surface area contributed by atoms with E-state index in [1.54, 1.807) is 24.3 Å². The topological polar surface area (TPSA) is 83.1 Å². The Hall–Kier alpha value is -3.22. The van der Waals surface area contributed by atoms with E-state index in [2.05, 4.69) is 5.32 Å². The van der Waals surface area contributed by atoms with Crippen LogP contribution in [-0.2, 0) is 27.3 Å². The third-order valence-electron chi connectivity index (χ3n) is 3.82. The summed E-state index contributed by atoms with van der Waals surface area (Å²) >= 11 is 0. The highest BCUT2D eigenvalue weighted by Gasteiger charge is 2.14. The average molecular weight is 357 g/mol. The lowest BCUT2D eigenvalue weighted by Gasteiger charge is -2.09. The van der Waals surface area contributed by atoms with Crippen molar-refractivity contribution in [2.75, 3.05) is 20.5 Å². The number of benzene rings is 2. The van der Waals surface area contributed by atoms with Gasteiger partial charge in [-0.1, -0.05) is 24.3 Å². The Morgan fingerprint density at radius 2 is 1.92 bits per heavy atom. The molecule has 0 aromatic heterocycles. The van der Waals surface area contributed by atoms with E-state index in [0.717, 1.165) is 5.56 Å². The van der Waals surface area contributed by atoms with Gasteiger partial charge in [0.1, 0.15) is 5.75 Å². The zero-order valence-corrected chi connectivity index (χ0v) is 14.3. The fourth-order valence-corrected chi connectivity index (χ4v) is 2.50. The number of methoxy groups -OCH3 is 1. The van der Waals surface area contributed by atoms with Crippen LogP contribution in [0, 0.1) is 0 Å². The van der Waals surface area contributed by atoms with E-state index < -0.39 is 5.97 Å². The Morgan fingerprint density at radius 1 is 1.12 bits per heavy atom. The normalized spacial score (nSPS) is 11.7. The largest absolute Gasteiger partial charge is 0.496 e. The maximum absolute atomic E-state index is 11.9. The number of hydrogen-bond donors (Lipinski definition) is 1. The highest BCUT2D eigenvalue weighted by Crippen LogP contribution is 2.32. The number of carbonyl (C=O) groups is 2. The van der Waals surface area contributed by atoms with E-state index in [1.165, 1.54) is 7.11 Å². The molecule has 0 fully saturated rings. The Kier molecular flexibility index (Phi) is 5.58. The zero-order valence-electron chi connectivity index (χ0n) is 14.3. The highest BCUT2D eigenvalue weighted by molar-refractivity contribution is 5.81. The fourth-order valence-electron chi connectivity index (χ4n) is 2.50. The van der Waals surface area contributed by atoms with Gasteiger partial charge in [0.25, 0.3) is 5.91 Å². The molecule has 0 saturated carbocycles. The van der Waals surface area contributed by atoms with Crippen molar-refractivity contribution in [2.45, 2.75) is 13.0 Å². The summed E-state index contributed by atoms with van der Waals surface area (Å²) < 4.78 is 20.7. The molecule has 0 radical (unpaired) electrons. The number of carbonyl (C=O) groups excluding carboxylic acids is 2. The van der Waals surface area contributed by atoms with Gasteiger partial charge in [-0.05, 0) is 23.8 Å². The molecule has 1 N–H and O–H groups in total. The van der Waals surface area contributed by atoms with Crippen molar-refractivity contribution in [3.8, 4) is 17.2 Å². The third kappa shape index (κ3) is 4.44. The third-order valence-corrected chi connectivity index (χ3v) is 3.82. The lowest BCUT2D eigenvalue weighted by Crippen LogP contribution is -2.28. The summed E-state index contributed by atoms with van der Waals surface area (Å²) in [5, 5.41) is 2.69. The molecule has 3 rings (SSSR count). The minimum Gasteiger partial charge on any atom is -0.496 e. The van der Waals surface area contributed by atoms with Crippen LogP contribution in [0.3, 0.4) is 0 Å². The smallest absolute Gasteiger partial charge is 0.310 e. The Bertz CT molecular complexity index is 804. The van der Waals surface area contributed by atoms with Crippen LogP contribution in [-0.4, -0.2) is 32.4 Å². The van der Waals surface area contributed by atoms with Gasteiger partial charge in [-0.2, -0.15) is 0 Å². The summed E-state index contributed by atoms with van der Waals surface area (Å²) in [4.78, 5) is 23.8. The Morgan fingerprint density at radius 3 is 2.77 bits per heavy atom. The van der Waals surface area contributed by atoms with Crippen LogP contribution in [0.25, 0.3) is 0 Å². The number of esters is 1. The van der Waals surface area contributed by atoms with Crippen LogP contribution in [0.1, 0.15) is 11.1 Å². The molecule has 26 heavy (non-hydrogen) atoms. The maximum Gasteiger partial charge on any atom is 0.310 e. The molecule has 0 aliphatic carbocycles. The molecule has 2 aromatic carbocycles. The molecular weight excluding hydrogens is 338 g/mol. The molecule has 2 aromatic rings. The number of hydrogen-bond acceptors (Lipinski definition) is 6. The van der Waals surface area contributed by atoms with Gasteiger partial charge in [0, 0.05) is 12.1 Å². The fraction of sp³-hybridized carbons (Fsp3) is 0.263. The number of amides is 1. The van der Waals surface area contributed by atoms with Gasteiger partial charge in [-0.3, -0.25) is 9.59 Å². The lowest BCUT2D eigenvalue weighted by molar-refractivity contribution is -0.147. The Balaban J connectivity index is 1.43. The molecule has 1 aliphatic rings. The van der Waals surface area contributed by atoms with Gasteiger partial charge in [-0.25, -0.2) is 0 Å². The maximum atomic E-state index is 11.9. The summed E-state index contributed by atoms with van der Waals surface area (Å²) in [6, 6.07) is 12.6. The van der Waals surface area contributed by atoms with Crippen molar-refractivity contribution in [3.05, 3.63) is 53.6 Å². The number of rotatable bonds is 7. The van der Waals surface area contributed by atoms with Crippen LogP contribution in [0.4, 0.5) is 0 Å². The van der Waals surface area contributed by atoms with Crippen molar-refractivity contribution in [2.24, 2.45) is 0 Å². The summed E-state index contributed by atoms with van der Waals surface area (Å²) in [7, 11) is 1.54. The molecule has 136 valence electrons. The van der Waals surface area contributed by atoms with E-state index >= 15 is 0 Å². The van der Waals surface area contributed by atoms with Gasteiger partial charge in [0.05, 0.1) is 13.5 Å². The van der Waals surface area contributed by atoms with Crippen molar-refractivity contribution in [1.29, 1.82) is 0 Å². The van der Waals surface area contributed by atoms with Crippen molar-refractivity contribution in [1.82, 2.24) is 5.32 Å². The molecule has 0 spiro atoms. The van der Waals surface area contributed by atoms with E-state index in [9.17, 15) is 9.59 Å². The van der Waals surface area contributed by atoms with E-state index in [-0.39, 0.29) is 25.7 Å². The molecule has 0 atom stereocenters. The lowest BCUT2D eigenvalue weighted by atomic mass is 10.1. The highest BCUT2D eigenvalue weighted by atomic mass is 16.7. The van der Waals surface area contributed by atoms with Gasteiger partial charge in [0.15, 0.2) is 18.1 Å². The second kappa shape index (κ2) is 8.24. The van der Waals surface area contributed by atoms with Crippen LogP contribution in [0.5, 0.6) is 17.2 Å². The molecule has 0 bridgehead atoms. The number of nitrogens with one attached hydrogen (secondary N) is 1. The predicted molar refractivity (Wildman–Crippen MR) is 92.1 cm³/mol. The molecule has 7 nitrogen and oxygen atoms in total. The van der Waals surface area contributed by atoms with Gasteiger partial charge in [-0.15, -0.1) is 0 Å². The first-order valence-electron chi connectivity index (χ1n) is 8.08. The van der Waals surface area contributed by atoms with E-state index in [0.29, 0.717) is 29.4 Å². The molecular formula is C19H19NO6. The molecule has 1 amide bonds. The van der Waals surface area contributed by atoms with E-state index in [1.807, 2.05) is 18.2 Å². The molecule has 0 saturated heterocycles. The number of ether oxygens (including phenoxy) is 4. The SMILES string of the molecule is COc1ccccc1CC(=O)OCC(=O)NCc1ccc2c(c1)OCO2. The van der Waals surface area contributed by atoms with E-state index in [4.69, 9.17) is 18.9 Å². The number of fused-ring (bicyclic) bond motifs is 1. The average Bonchev–Trinajstić information content (AvgIpc) is 3.13. The molecule has 1 aliphatic heterocycles. The van der Waals surface area contributed by atoms with Crippen molar-refractivity contribution >= 4 is 11.9 Å². The number of para-hydroxylation sites is 1. The standard InChI is InChI=1S/C19H19NO6/c1-23-15-5-3-2-4-14(15)9-19(22)24-11-18(21)20-10-13-6-7-16-17(8-13)26-12-25-16/h2-8H,9-12H2,1H3,(H,20,21). The first kappa shape index (κ1) is 17.6. The van der Waals surface area contributed by atoms with Gasteiger partial charge >= 0.3 is 5.97 Å². The minimum atomic E-state index is -0.493. The first-order chi connectivity index (χ1) is 12.7. The predicted octanol–water partition coefficient (Wildman–Crippen LogP) is 1.83. The van der Waals surface area contributed by atoms with Crippen molar-refractivity contribution < 1.29 is 28.5 Å². The van der Waals surface area contributed by atoms with Crippen LogP contribution >= 0.6 is 0 Å².